The number of nitrogens with zero attached hydrogens (tertiary/aromatic N) is 3. The number of anilines is 1. The Kier molecular flexibility index (Phi) is 4.67. The van der Waals surface area contributed by atoms with E-state index in [2.05, 4.69) is 41.6 Å². The summed E-state index contributed by atoms with van der Waals surface area (Å²) in [5.41, 5.74) is 5.76. The second-order valence-corrected chi connectivity index (χ2v) is 11.5. The molecule has 0 saturated heterocycles. The lowest BCUT2D eigenvalue weighted by atomic mass is 9.94. The van der Waals surface area contributed by atoms with Crippen molar-refractivity contribution >= 4 is 21.6 Å². The normalized spacial score (nSPS) is 22.6. The zero-order valence-corrected chi connectivity index (χ0v) is 19.1. The molecule has 2 amide bonds. The molecule has 3 aliphatic rings. The van der Waals surface area contributed by atoms with E-state index in [4.69, 9.17) is 9.88 Å². The second kappa shape index (κ2) is 7.06. The number of aryl methyl sites for hydroxylation is 1. The third-order valence-electron chi connectivity index (χ3n) is 6.60. The Morgan fingerprint density at radius 2 is 2.16 bits per heavy atom. The first-order chi connectivity index (χ1) is 14.6. The van der Waals surface area contributed by atoms with Crippen molar-refractivity contribution in [1.82, 2.24) is 9.78 Å². The molecule has 9 heteroatoms. The zero-order chi connectivity index (χ0) is 22.0. The molecule has 2 atom stereocenters. The molecule has 1 aliphatic heterocycles. The largest absolute Gasteiger partial charge is 0.476 e. The van der Waals surface area contributed by atoms with Crippen molar-refractivity contribution in [2.45, 2.75) is 70.2 Å². The highest BCUT2D eigenvalue weighted by Crippen LogP contribution is 2.43. The number of nitrogens with one attached hydrogen (secondary N) is 1. The molecule has 0 bridgehead atoms. The predicted octanol–water partition coefficient (Wildman–Crippen LogP) is 3.77. The molecule has 0 saturated carbocycles. The standard InChI is InChI=1S/C22H29N5O3S/c1-13-7-8-16-17(13)9-14-5-4-6-15(14)19(16)25-21(28)26-31(23,29)18-10-24-27-11-22(2,3)12-30-20(18)27/h9-10,13H,4-8,11-12H2,1-3H3,(H3,23,25,26,28,29). The highest BCUT2D eigenvalue weighted by Gasteiger charge is 2.32. The minimum Gasteiger partial charge on any atom is -0.476 e. The van der Waals surface area contributed by atoms with Gasteiger partial charge in [0, 0.05) is 11.1 Å². The molecule has 31 heavy (non-hydrogen) atoms. The summed E-state index contributed by atoms with van der Waals surface area (Å²) in [6, 6.07) is 1.62. The molecule has 2 aromatic rings. The van der Waals surface area contributed by atoms with Gasteiger partial charge in [-0.1, -0.05) is 26.8 Å². The highest BCUT2D eigenvalue weighted by atomic mass is 32.2. The summed E-state index contributed by atoms with van der Waals surface area (Å²) in [5.74, 6) is 0.811. The van der Waals surface area contributed by atoms with Crippen molar-refractivity contribution in [3.63, 3.8) is 0 Å². The van der Waals surface area contributed by atoms with Crippen LogP contribution >= 0.6 is 0 Å². The first kappa shape index (κ1) is 20.5. The van der Waals surface area contributed by atoms with Gasteiger partial charge in [-0.25, -0.2) is 18.8 Å². The Balaban J connectivity index is 1.47. The molecule has 2 aliphatic carbocycles. The van der Waals surface area contributed by atoms with Crippen LogP contribution in [0.5, 0.6) is 5.88 Å². The van der Waals surface area contributed by atoms with Crippen LogP contribution in [0, 0.1) is 5.41 Å². The van der Waals surface area contributed by atoms with Gasteiger partial charge in [0.05, 0.1) is 19.3 Å². The van der Waals surface area contributed by atoms with Crippen molar-refractivity contribution in [1.29, 1.82) is 0 Å². The number of urea groups is 1. The molecule has 166 valence electrons. The van der Waals surface area contributed by atoms with Gasteiger partial charge in [0.15, 0.2) is 9.92 Å². The van der Waals surface area contributed by atoms with Crippen LogP contribution in [0.3, 0.4) is 0 Å². The summed E-state index contributed by atoms with van der Waals surface area (Å²) < 4.78 is 24.5. The summed E-state index contributed by atoms with van der Waals surface area (Å²) in [6.07, 6.45) is 6.44. The summed E-state index contributed by atoms with van der Waals surface area (Å²) in [7, 11) is -3.50. The third-order valence-corrected chi connectivity index (χ3v) is 7.95. The van der Waals surface area contributed by atoms with Gasteiger partial charge in [-0.15, -0.1) is 4.36 Å². The fourth-order valence-corrected chi connectivity index (χ4v) is 6.03. The van der Waals surface area contributed by atoms with Gasteiger partial charge < -0.3 is 10.1 Å². The lowest BCUT2D eigenvalue weighted by Crippen LogP contribution is -2.33. The quantitative estimate of drug-likeness (QED) is 0.736. The minimum absolute atomic E-state index is 0.0918. The molecule has 3 N–H and O–H groups in total. The van der Waals surface area contributed by atoms with Crippen molar-refractivity contribution in [2.75, 3.05) is 11.9 Å². The molecule has 1 aromatic heterocycles. The first-order valence-corrected chi connectivity index (χ1v) is 12.4. The number of rotatable bonds is 2. The van der Waals surface area contributed by atoms with Gasteiger partial charge in [-0.3, -0.25) is 0 Å². The average molecular weight is 444 g/mol. The summed E-state index contributed by atoms with van der Waals surface area (Å²) in [4.78, 5) is 13.0. The number of carbonyl (C=O) groups excluding carboxylic acids is 1. The fourth-order valence-electron chi connectivity index (χ4n) is 5.02. The van der Waals surface area contributed by atoms with Gasteiger partial charge in [0.2, 0.25) is 5.88 Å². The van der Waals surface area contributed by atoms with E-state index >= 15 is 0 Å². The fraction of sp³-hybridized carbons (Fsp3) is 0.545. The van der Waals surface area contributed by atoms with Crippen LogP contribution in [0.2, 0.25) is 0 Å². The molecular formula is C22H29N5O3S. The number of aromatic nitrogens is 2. The van der Waals surface area contributed by atoms with Gasteiger partial charge in [-0.05, 0) is 60.3 Å². The maximum Gasteiger partial charge on any atom is 0.354 e. The van der Waals surface area contributed by atoms with Crippen LogP contribution in [0.1, 0.15) is 61.8 Å². The van der Waals surface area contributed by atoms with Crippen LogP contribution in [0.25, 0.3) is 0 Å². The Bertz CT molecular complexity index is 1210. The van der Waals surface area contributed by atoms with E-state index in [0.29, 0.717) is 24.9 Å². The molecular weight excluding hydrogens is 414 g/mol. The lowest BCUT2D eigenvalue weighted by molar-refractivity contribution is 0.0972. The molecule has 0 spiro atoms. The number of hydrogen-bond acceptors (Lipinski definition) is 4. The van der Waals surface area contributed by atoms with E-state index < -0.39 is 15.9 Å². The smallest absolute Gasteiger partial charge is 0.354 e. The monoisotopic (exact) mass is 443 g/mol. The predicted molar refractivity (Wildman–Crippen MR) is 119 cm³/mol. The SMILES string of the molecule is CC1CCc2c1cc1c(c2NC(=O)N=S(N)(=O)c2cnn3c2OCC(C)(C)C3)CCC1. The maximum absolute atomic E-state index is 13.2. The highest BCUT2D eigenvalue weighted by molar-refractivity contribution is 7.91. The third kappa shape index (κ3) is 3.53. The Labute approximate surface area is 182 Å². The number of carbonyl (C=O) groups is 1. The number of hydrogen-bond donors (Lipinski definition) is 2. The topological polar surface area (TPSA) is 112 Å². The zero-order valence-electron chi connectivity index (χ0n) is 18.2. The van der Waals surface area contributed by atoms with Crippen molar-refractivity contribution < 1.29 is 13.7 Å². The molecule has 2 unspecified atom stereocenters. The van der Waals surface area contributed by atoms with E-state index in [9.17, 15) is 9.00 Å². The van der Waals surface area contributed by atoms with E-state index in [1.54, 1.807) is 4.68 Å². The van der Waals surface area contributed by atoms with Gasteiger partial charge in [0.25, 0.3) is 0 Å². The number of amides is 2. The molecule has 8 nitrogen and oxygen atoms in total. The van der Waals surface area contributed by atoms with Gasteiger partial charge in [0.1, 0.15) is 4.90 Å². The Morgan fingerprint density at radius 1 is 1.35 bits per heavy atom. The number of benzene rings is 1. The number of fused-ring (bicyclic) bond motifs is 3. The molecule has 0 fully saturated rings. The Morgan fingerprint density at radius 3 is 2.97 bits per heavy atom. The summed E-state index contributed by atoms with van der Waals surface area (Å²) in [6.45, 7) is 7.41. The van der Waals surface area contributed by atoms with E-state index in [0.717, 1.165) is 37.8 Å². The molecule has 0 radical (unpaired) electrons. The first-order valence-electron chi connectivity index (χ1n) is 10.9. The van der Waals surface area contributed by atoms with Crippen LogP contribution in [-0.4, -0.2) is 26.6 Å². The molecule has 2 heterocycles. The average Bonchev–Trinajstić information content (AvgIpc) is 3.39. The summed E-state index contributed by atoms with van der Waals surface area (Å²) >= 11 is 0. The van der Waals surface area contributed by atoms with E-state index in [1.807, 2.05) is 0 Å². The van der Waals surface area contributed by atoms with Crippen LogP contribution < -0.4 is 15.2 Å². The van der Waals surface area contributed by atoms with Crippen LogP contribution in [0.4, 0.5) is 10.5 Å². The maximum atomic E-state index is 13.2. The van der Waals surface area contributed by atoms with Crippen molar-refractivity contribution in [2.24, 2.45) is 14.9 Å². The molecule has 1 aromatic carbocycles. The van der Waals surface area contributed by atoms with Crippen LogP contribution in [0.15, 0.2) is 21.5 Å². The second-order valence-electron chi connectivity index (χ2n) is 9.76. The van der Waals surface area contributed by atoms with Gasteiger partial charge >= 0.3 is 6.03 Å². The lowest BCUT2D eigenvalue weighted by Gasteiger charge is -2.30. The van der Waals surface area contributed by atoms with Gasteiger partial charge in [-0.2, -0.15) is 5.10 Å². The van der Waals surface area contributed by atoms with Crippen molar-refractivity contribution in [3.05, 3.63) is 34.5 Å². The summed E-state index contributed by atoms with van der Waals surface area (Å²) in [5, 5.41) is 13.2. The number of ether oxygens (including phenoxy) is 1. The molecule has 5 rings (SSSR count). The minimum atomic E-state index is -3.50. The van der Waals surface area contributed by atoms with Crippen molar-refractivity contribution in [3.8, 4) is 5.88 Å². The number of nitrogens with two attached hydrogens (primary N) is 1. The van der Waals surface area contributed by atoms with E-state index in [1.165, 1.54) is 28.5 Å². The Hall–Kier alpha value is -2.39. The van der Waals surface area contributed by atoms with E-state index in [-0.39, 0.29) is 10.3 Å². The van der Waals surface area contributed by atoms with Crippen LogP contribution in [-0.2, 0) is 35.7 Å².